The predicted octanol–water partition coefficient (Wildman–Crippen LogP) is 3.88. The van der Waals surface area contributed by atoms with E-state index >= 15 is 0 Å². The van der Waals surface area contributed by atoms with E-state index in [0.717, 1.165) is 25.7 Å². The summed E-state index contributed by atoms with van der Waals surface area (Å²) >= 11 is 0. The van der Waals surface area contributed by atoms with E-state index in [4.69, 9.17) is 4.74 Å². The Hall–Kier alpha value is -1.53. The van der Waals surface area contributed by atoms with Gasteiger partial charge in [-0.05, 0) is 32.1 Å². The van der Waals surface area contributed by atoms with E-state index in [2.05, 4.69) is 22.2 Å². The third-order valence-corrected chi connectivity index (χ3v) is 3.49. The first-order valence-corrected chi connectivity index (χ1v) is 7.25. The molecule has 1 aromatic heterocycles. The molecule has 1 aromatic rings. The lowest BCUT2D eigenvalue weighted by Gasteiger charge is -2.27. The number of hydrogen-bond acceptors (Lipinski definition) is 4. The van der Waals surface area contributed by atoms with Gasteiger partial charge in [0.05, 0.1) is 0 Å². The molecule has 21 heavy (non-hydrogen) atoms. The van der Waals surface area contributed by atoms with Crippen LogP contribution in [0.3, 0.4) is 0 Å². The molecule has 0 radical (unpaired) electrons. The van der Waals surface area contributed by atoms with Gasteiger partial charge in [-0.1, -0.05) is 13.3 Å². The maximum atomic E-state index is 12.8. The highest BCUT2D eigenvalue weighted by atomic mass is 19.4. The molecule has 1 fully saturated rings. The van der Waals surface area contributed by atoms with E-state index in [-0.39, 0.29) is 17.8 Å². The van der Waals surface area contributed by atoms with Gasteiger partial charge in [0.2, 0.25) is 11.7 Å². The van der Waals surface area contributed by atoms with Gasteiger partial charge in [0, 0.05) is 12.6 Å². The molecule has 0 spiro atoms. The smallest absolute Gasteiger partial charge is 0.451 e. The highest BCUT2D eigenvalue weighted by Crippen LogP contribution is 2.31. The van der Waals surface area contributed by atoms with Crippen molar-refractivity contribution < 1.29 is 17.9 Å². The molecule has 0 amide bonds. The van der Waals surface area contributed by atoms with Gasteiger partial charge in [0.1, 0.15) is 11.9 Å². The average Bonchev–Trinajstić information content (AvgIpc) is 2.37. The number of anilines is 1. The van der Waals surface area contributed by atoms with Crippen LogP contribution >= 0.6 is 0 Å². The highest BCUT2D eigenvalue weighted by Gasteiger charge is 2.36. The fraction of sp³-hybridized carbons (Fsp3) is 0.714. The largest absolute Gasteiger partial charge is 0.474 e. The van der Waals surface area contributed by atoms with Gasteiger partial charge in [0.15, 0.2) is 0 Å². The zero-order valence-corrected chi connectivity index (χ0v) is 12.2. The van der Waals surface area contributed by atoms with E-state index in [9.17, 15) is 13.2 Å². The van der Waals surface area contributed by atoms with Crippen molar-refractivity contribution in [3.63, 3.8) is 0 Å². The first kappa shape index (κ1) is 15.9. The van der Waals surface area contributed by atoms with Crippen molar-refractivity contribution >= 4 is 5.82 Å². The second-order valence-corrected chi connectivity index (χ2v) is 5.45. The summed E-state index contributed by atoms with van der Waals surface area (Å²) in [7, 11) is 0. The molecule has 2 rings (SSSR count). The molecule has 0 aromatic carbocycles. The molecule has 1 saturated carbocycles. The maximum Gasteiger partial charge on any atom is 0.451 e. The second-order valence-electron chi connectivity index (χ2n) is 5.45. The van der Waals surface area contributed by atoms with Crippen molar-refractivity contribution in [1.29, 1.82) is 0 Å². The average molecular weight is 303 g/mol. The number of rotatable bonds is 4. The monoisotopic (exact) mass is 303 g/mol. The molecule has 1 N–H and O–H groups in total. The molecule has 1 aliphatic rings. The van der Waals surface area contributed by atoms with Crippen LogP contribution in [0.15, 0.2) is 6.07 Å². The molecule has 0 bridgehead atoms. The van der Waals surface area contributed by atoms with E-state index in [0.29, 0.717) is 12.5 Å². The zero-order valence-electron chi connectivity index (χ0n) is 12.2. The molecule has 1 aliphatic carbocycles. The number of aromatic nitrogens is 2. The zero-order chi connectivity index (χ0) is 15.5. The van der Waals surface area contributed by atoms with Crippen molar-refractivity contribution in [2.24, 2.45) is 5.92 Å². The molecule has 118 valence electrons. The minimum Gasteiger partial charge on any atom is -0.474 e. The van der Waals surface area contributed by atoms with Gasteiger partial charge in [-0.25, -0.2) is 4.98 Å². The lowest BCUT2D eigenvalue weighted by Crippen LogP contribution is -2.25. The summed E-state index contributed by atoms with van der Waals surface area (Å²) in [6.45, 7) is 4.40. The SMILES string of the molecule is CCNc1cc(OC2CCCC(C)C2)nc(C(F)(F)F)n1. The Morgan fingerprint density at radius 1 is 1.33 bits per heavy atom. The van der Waals surface area contributed by atoms with Gasteiger partial charge in [-0.15, -0.1) is 0 Å². The molecular weight excluding hydrogens is 283 g/mol. The van der Waals surface area contributed by atoms with Gasteiger partial charge in [-0.2, -0.15) is 18.2 Å². The molecule has 0 aliphatic heterocycles. The number of nitrogens with one attached hydrogen (secondary N) is 1. The van der Waals surface area contributed by atoms with Crippen molar-refractivity contribution in [2.45, 2.75) is 51.8 Å². The molecule has 4 nitrogen and oxygen atoms in total. The van der Waals surface area contributed by atoms with Crippen molar-refractivity contribution in [1.82, 2.24) is 9.97 Å². The Morgan fingerprint density at radius 2 is 2.10 bits per heavy atom. The Morgan fingerprint density at radius 3 is 2.71 bits per heavy atom. The molecule has 2 unspecified atom stereocenters. The number of nitrogens with zero attached hydrogens (tertiary/aromatic N) is 2. The summed E-state index contributed by atoms with van der Waals surface area (Å²) in [6.07, 6.45) is -0.778. The van der Waals surface area contributed by atoms with E-state index < -0.39 is 12.0 Å². The molecule has 7 heteroatoms. The summed E-state index contributed by atoms with van der Waals surface area (Å²) in [5.41, 5.74) is 0. The molecule has 2 atom stereocenters. The maximum absolute atomic E-state index is 12.8. The minimum atomic E-state index is -4.58. The standard InChI is InChI=1S/C14H20F3N3O/c1-3-18-11-8-12(20-13(19-11)14(15,16)17)21-10-6-4-5-9(2)7-10/h8-10H,3-7H2,1-2H3,(H,18,19,20). The molecule has 0 saturated heterocycles. The van der Waals surface area contributed by atoms with E-state index in [1.807, 2.05) is 0 Å². The summed E-state index contributed by atoms with van der Waals surface area (Å²) in [5.74, 6) is -0.508. The van der Waals surface area contributed by atoms with Crippen LogP contribution in [0, 0.1) is 5.92 Å². The van der Waals surface area contributed by atoms with Crippen LogP contribution in [0.1, 0.15) is 45.4 Å². The summed E-state index contributed by atoms with van der Waals surface area (Å²) in [6, 6.07) is 1.43. The highest BCUT2D eigenvalue weighted by molar-refractivity contribution is 5.38. The third kappa shape index (κ3) is 4.47. The molecule has 1 heterocycles. The Labute approximate surface area is 122 Å². The fourth-order valence-corrected chi connectivity index (χ4v) is 2.54. The minimum absolute atomic E-state index is 0.00706. The fourth-order valence-electron chi connectivity index (χ4n) is 2.54. The third-order valence-electron chi connectivity index (χ3n) is 3.49. The predicted molar refractivity (Wildman–Crippen MR) is 73.2 cm³/mol. The van der Waals surface area contributed by atoms with Crippen LogP contribution in [0.4, 0.5) is 19.0 Å². The van der Waals surface area contributed by atoms with Crippen LogP contribution < -0.4 is 10.1 Å². The van der Waals surface area contributed by atoms with Gasteiger partial charge in [-0.3, -0.25) is 0 Å². The molecular formula is C14H20F3N3O. The quantitative estimate of drug-likeness (QED) is 0.917. The first-order valence-electron chi connectivity index (χ1n) is 7.25. The number of alkyl halides is 3. The van der Waals surface area contributed by atoms with Gasteiger partial charge < -0.3 is 10.1 Å². The number of ether oxygens (including phenoxy) is 1. The van der Waals surface area contributed by atoms with Crippen molar-refractivity contribution in [2.75, 3.05) is 11.9 Å². The van der Waals surface area contributed by atoms with Crippen molar-refractivity contribution in [3.8, 4) is 5.88 Å². The van der Waals surface area contributed by atoms with Crippen LogP contribution in [-0.2, 0) is 6.18 Å². The summed E-state index contributed by atoms with van der Waals surface area (Å²) in [5, 5.41) is 2.78. The number of halogens is 3. The van der Waals surface area contributed by atoms with E-state index in [1.165, 1.54) is 6.07 Å². The lowest BCUT2D eigenvalue weighted by atomic mass is 9.89. The Kier molecular flexibility index (Phi) is 4.90. The topological polar surface area (TPSA) is 47.0 Å². The van der Waals surface area contributed by atoms with Crippen LogP contribution in [0.5, 0.6) is 5.88 Å². The Bertz CT molecular complexity index is 479. The second kappa shape index (κ2) is 6.49. The van der Waals surface area contributed by atoms with Crippen LogP contribution in [0.25, 0.3) is 0 Å². The van der Waals surface area contributed by atoms with Crippen molar-refractivity contribution in [3.05, 3.63) is 11.9 Å². The summed E-state index contributed by atoms with van der Waals surface area (Å²) in [4.78, 5) is 6.98. The first-order chi connectivity index (χ1) is 9.88. The summed E-state index contributed by atoms with van der Waals surface area (Å²) < 4.78 is 44.1. The van der Waals surface area contributed by atoms with Gasteiger partial charge in [0.25, 0.3) is 0 Å². The van der Waals surface area contributed by atoms with Crippen LogP contribution in [0.2, 0.25) is 0 Å². The van der Waals surface area contributed by atoms with E-state index in [1.54, 1.807) is 6.92 Å². The normalized spacial score (nSPS) is 22.9. The van der Waals surface area contributed by atoms with Gasteiger partial charge >= 0.3 is 6.18 Å². The Balaban J connectivity index is 2.19. The number of hydrogen-bond donors (Lipinski definition) is 1. The van der Waals surface area contributed by atoms with Crippen LogP contribution in [-0.4, -0.2) is 22.6 Å². The lowest BCUT2D eigenvalue weighted by molar-refractivity contribution is -0.145.